The Morgan fingerprint density at radius 2 is 1.86 bits per heavy atom. The lowest BCUT2D eigenvalue weighted by molar-refractivity contribution is -0.384. The number of ether oxygens (including phenoxy) is 2. The van der Waals surface area contributed by atoms with Crippen LogP contribution in [0.25, 0.3) is 0 Å². The van der Waals surface area contributed by atoms with Crippen molar-refractivity contribution in [2.45, 2.75) is 32.0 Å². The first-order valence-electron chi connectivity index (χ1n) is 10.1. The molecule has 0 aliphatic carbocycles. The van der Waals surface area contributed by atoms with Crippen LogP contribution in [0.4, 0.5) is 5.69 Å². The van der Waals surface area contributed by atoms with E-state index >= 15 is 0 Å². The highest BCUT2D eigenvalue weighted by atomic mass is 16.6. The second kappa shape index (κ2) is 10.9. The highest BCUT2D eigenvalue weighted by Crippen LogP contribution is 2.16. The molecule has 156 valence electrons. The number of non-ortho nitro benzene ring substituents is 1. The van der Waals surface area contributed by atoms with Gasteiger partial charge in [0.05, 0.1) is 4.92 Å². The van der Waals surface area contributed by atoms with Crippen LogP contribution in [-0.2, 0) is 17.8 Å². The van der Waals surface area contributed by atoms with E-state index in [1.165, 1.54) is 12.1 Å². The van der Waals surface area contributed by atoms with Crippen molar-refractivity contribution in [3.8, 4) is 5.75 Å². The van der Waals surface area contributed by atoms with E-state index in [0.29, 0.717) is 25.7 Å². The Morgan fingerprint density at radius 1 is 1.14 bits per heavy atom. The van der Waals surface area contributed by atoms with Gasteiger partial charge in [0.1, 0.15) is 12.4 Å². The van der Waals surface area contributed by atoms with E-state index in [1.807, 2.05) is 12.1 Å². The molecule has 0 spiro atoms. The highest BCUT2D eigenvalue weighted by Gasteiger charge is 2.17. The number of nitrogens with one attached hydrogen (secondary N) is 1. The summed E-state index contributed by atoms with van der Waals surface area (Å²) in [6.07, 6.45) is 2.18. The van der Waals surface area contributed by atoms with Crippen LogP contribution in [0.2, 0.25) is 0 Å². The largest absolute Gasteiger partial charge is 0.492 e. The van der Waals surface area contributed by atoms with Gasteiger partial charge in [0, 0.05) is 51.0 Å². The fraction of sp³-hybridized carbons (Fsp3) is 0.455. The van der Waals surface area contributed by atoms with Crippen molar-refractivity contribution in [1.82, 2.24) is 10.2 Å². The Hall–Kier alpha value is -2.48. The van der Waals surface area contributed by atoms with Crippen LogP contribution in [0.5, 0.6) is 5.75 Å². The first kappa shape index (κ1) is 21.2. The zero-order valence-electron chi connectivity index (χ0n) is 16.9. The predicted molar refractivity (Wildman–Crippen MR) is 112 cm³/mol. The van der Waals surface area contributed by atoms with Gasteiger partial charge in [0.2, 0.25) is 0 Å². The molecular formula is C22H29N3O4. The van der Waals surface area contributed by atoms with E-state index < -0.39 is 0 Å². The Labute approximate surface area is 171 Å². The lowest BCUT2D eigenvalue weighted by Crippen LogP contribution is -2.38. The summed E-state index contributed by atoms with van der Waals surface area (Å²) in [5.74, 6) is 0.875. The van der Waals surface area contributed by atoms with Gasteiger partial charge in [-0.3, -0.25) is 15.0 Å². The normalized spacial score (nSPS) is 14.8. The number of rotatable bonds is 10. The standard InChI is InChI=1S/C22H29N3O4/c1-24(20-9-12-28-13-10-20)11-14-29-22-4-2-3-19(15-22)17-23-16-18-5-7-21(8-6-18)25(26)27/h2-8,15,20,23H,9-14,16-17H2,1H3. The van der Waals surface area contributed by atoms with Crippen LogP contribution < -0.4 is 10.1 Å². The van der Waals surface area contributed by atoms with Gasteiger partial charge in [0.15, 0.2) is 0 Å². The summed E-state index contributed by atoms with van der Waals surface area (Å²) in [4.78, 5) is 12.7. The van der Waals surface area contributed by atoms with Crippen LogP contribution in [0.3, 0.4) is 0 Å². The molecule has 0 unspecified atom stereocenters. The summed E-state index contributed by atoms with van der Waals surface area (Å²) < 4.78 is 11.4. The molecular weight excluding hydrogens is 370 g/mol. The molecule has 1 heterocycles. The van der Waals surface area contributed by atoms with Gasteiger partial charge in [-0.25, -0.2) is 0 Å². The molecule has 0 radical (unpaired) electrons. The molecule has 2 aromatic carbocycles. The number of benzene rings is 2. The maximum atomic E-state index is 10.7. The molecule has 0 saturated carbocycles. The lowest BCUT2D eigenvalue weighted by Gasteiger charge is -2.31. The second-order valence-electron chi connectivity index (χ2n) is 7.35. The Bertz CT molecular complexity index is 776. The Balaban J connectivity index is 1.40. The molecule has 29 heavy (non-hydrogen) atoms. The minimum absolute atomic E-state index is 0.112. The summed E-state index contributed by atoms with van der Waals surface area (Å²) in [5, 5.41) is 14.1. The van der Waals surface area contributed by atoms with Crippen LogP contribution in [0, 0.1) is 10.1 Å². The molecule has 1 fully saturated rings. The molecule has 0 bridgehead atoms. The lowest BCUT2D eigenvalue weighted by atomic mass is 10.1. The van der Waals surface area contributed by atoms with Crippen LogP contribution in [0.1, 0.15) is 24.0 Å². The quantitative estimate of drug-likeness (QED) is 0.488. The highest BCUT2D eigenvalue weighted by molar-refractivity contribution is 5.33. The summed E-state index contributed by atoms with van der Waals surface area (Å²) >= 11 is 0. The molecule has 1 aliphatic heterocycles. The van der Waals surface area contributed by atoms with Gasteiger partial charge < -0.3 is 14.8 Å². The summed E-state index contributed by atoms with van der Waals surface area (Å²) in [6, 6.07) is 15.3. The molecule has 2 aromatic rings. The average molecular weight is 399 g/mol. The molecule has 3 rings (SSSR count). The van der Waals surface area contributed by atoms with Crippen molar-refractivity contribution in [3.05, 3.63) is 69.8 Å². The van der Waals surface area contributed by atoms with E-state index in [2.05, 4.69) is 29.4 Å². The van der Waals surface area contributed by atoms with Crippen molar-refractivity contribution >= 4 is 5.69 Å². The first-order chi connectivity index (χ1) is 14.1. The minimum Gasteiger partial charge on any atom is -0.492 e. The van der Waals surface area contributed by atoms with Gasteiger partial charge in [-0.05, 0) is 43.1 Å². The van der Waals surface area contributed by atoms with Crippen LogP contribution >= 0.6 is 0 Å². The van der Waals surface area contributed by atoms with Gasteiger partial charge in [0.25, 0.3) is 5.69 Å². The maximum Gasteiger partial charge on any atom is 0.269 e. The predicted octanol–water partition coefficient (Wildman–Crippen LogP) is 3.37. The monoisotopic (exact) mass is 399 g/mol. The summed E-state index contributed by atoms with van der Waals surface area (Å²) in [7, 11) is 2.15. The van der Waals surface area contributed by atoms with Gasteiger partial charge in [-0.15, -0.1) is 0 Å². The topological polar surface area (TPSA) is 76.9 Å². The van der Waals surface area contributed by atoms with E-state index in [-0.39, 0.29) is 10.6 Å². The number of nitrogens with zero attached hydrogens (tertiary/aromatic N) is 2. The van der Waals surface area contributed by atoms with Crippen molar-refractivity contribution in [3.63, 3.8) is 0 Å². The number of hydrogen-bond donors (Lipinski definition) is 1. The van der Waals surface area contributed by atoms with Crippen molar-refractivity contribution in [2.24, 2.45) is 0 Å². The Kier molecular flexibility index (Phi) is 7.98. The fourth-order valence-electron chi connectivity index (χ4n) is 3.45. The fourth-order valence-corrected chi connectivity index (χ4v) is 3.45. The first-order valence-corrected chi connectivity index (χ1v) is 10.1. The molecule has 1 N–H and O–H groups in total. The van der Waals surface area contributed by atoms with Gasteiger partial charge >= 0.3 is 0 Å². The minimum atomic E-state index is -0.385. The van der Waals surface area contributed by atoms with Crippen molar-refractivity contribution in [2.75, 3.05) is 33.4 Å². The van der Waals surface area contributed by atoms with Crippen molar-refractivity contribution < 1.29 is 14.4 Å². The molecule has 7 nitrogen and oxygen atoms in total. The number of nitro groups is 1. The van der Waals surface area contributed by atoms with Crippen LogP contribution in [0.15, 0.2) is 48.5 Å². The second-order valence-corrected chi connectivity index (χ2v) is 7.35. The summed E-state index contributed by atoms with van der Waals surface area (Å²) in [5.41, 5.74) is 2.27. The van der Waals surface area contributed by atoms with Crippen molar-refractivity contribution in [1.29, 1.82) is 0 Å². The zero-order chi connectivity index (χ0) is 20.5. The van der Waals surface area contributed by atoms with Gasteiger partial charge in [-0.1, -0.05) is 24.3 Å². The molecule has 1 saturated heterocycles. The zero-order valence-corrected chi connectivity index (χ0v) is 16.9. The third kappa shape index (κ3) is 6.81. The van der Waals surface area contributed by atoms with E-state index in [9.17, 15) is 10.1 Å². The number of hydrogen-bond acceptors (Lipinski definition) is 6. The summed E-state index contributed by atoms with van der Waals surface area (Å²) in [6.45, 7) is 4.62. The van der Waals surface area contributed by atoms with E-state index in [0.717, 1.165) is 49.5 Å². The molecule has 0 atom stereocenters. The third-order valence-electron chi connectivity index (χ3n) is 5.23. The number of likely N-dealkylation sites (N-methyl/N-ethyl adjacent to an activating group) is 1. The van der Waals surface area contributed by atoms with Crippen LogP contribution in [-0.4, -0.2) is 49.3 Å². The Morgan fingerprint density at radius 3 is 2.59 bits per heavy atom. The maximum absolute atomic E-state index is 10.7. The SMILES string of the molecule is CN(CCOc1cccc(CNCc2ccc([N+](=O)[O-])cc2)c1)C1CCOCC1. The smallest absolute Gasteiger partial charge is 0.269 e. The van der Waals surface area contributed by atoms with E-state index in [4.69, 9.17) is 9.47 Å². The van der Waals surface area contributed by atoms with Gasteiger partial charge in [-0.2, -0.15) is 0 Å². The number of nitro benzene ring substituents is 1. The molecule has 7 heteroatoms. The average Bonchev–Trinajstić information content (AvgIpc) is 2.75. The molecule has 1 aliphatic rings. The van der Waals surface area contributed by atoms with E-state index in [1.54, 1.807) is 12.1 Å². The third-order valence-corrected chi connectivity index (χ3v) is 5.23. The molecule has 0 amide bonds. The molecule has 0 aromatic heterocycles.